The molecule has 2 aliphatic heterocycles. The van der Waals surface area contributed by atoms with Crippen LogP contribution in [0.3, 0.4) is 0 Å². The van der Waals surface area contributed by atoms with E-state index in [-0.39, 0.29) is 48.5 Å². The molecule has 3 atom stereocenters. The Morgan fingerprint density at radius 1 is 1.18 bits per heavy atom. The molecular weight excluding hydrogens is 476 g/mol. The second-order valence-corrected chi connectivity index (χ2v) is 9.45. The molecule has 6 nitrogen and oxygen atoms in total. The van der Waals surface area contributed by atoms with Gasteiger partial charge in [-0.2, -0.15) is 13.2 Å². The lowest BCUT2D eigenvalue weighted by molar-refractivity contribution is -0.190. The topological polar surface area (TPSA) is 74.3 Å². The minimum Gasteiger partial charge on any atom is -0.380 e. The van der Waals surface area contributed by atoms with Crippen molar-refractivity contribution in [2.75, 3.05) is 11.9 Å². The van der Waals surface area contributed by atoms with Gasteiger partial charge in [-0.05, 0) is 55.0 Å². The molecule has 2 saturated heterocycles. The number of likely N-dealkylation sites (tertiary alicyclic amines) is 1. The predicted octanol–water partition coefficient (Wildman–Crippen LogP) is 3.94. The van der Waals surface area contributed by atoms with Crippen LogP contribution >= 0.6 is 11.6 Å². The van der Waals surface area contributed by atoms with E-state index in [4.69, 9.17) is 11.6 Å². The van der Waals surface area contributed by atoms with Crippen molar-refractivity contribution in [3.8, 4) is 0 Å². The zero-order valence-corrected chi connectivity index (χ0v) is 18.6. The van der Waals surface area contributed by atoms with Crippen LogP contribution in [0.25, 0.3) is 0 Å². The molecule has 0 saturated carbocycles. The molecule has 1 aromatic heterocycles. The number of halogens is 5. The summed E-state index contributed by atoms with van der Waals surface area (Å²) in [4.78, 5) is 29.3. The van der Waals surface area contributed by atoms with Gasteiger partial charge >= 0.3 is 6.18 Å². The van der Waals surface area contributed by atoms with E-state index >= 15 is 0 Å². The number of nitrogens with zero attached hydrogens (tertiary/aromatic N) is 2. The number of fused-ring (bicyclic) bond motifs is 1. The van der Waals surface area contributed by atoms with Crippen molar-refractivity contribution < 1.29 is 27.2 Å². The zero-order chi connectivity index (χ0) is 24.3. The highest BCUT2D eigenvalue weighted by molar-refractivity contribution is 6.30. The Labute approximate surface area is 197 Å². The van der Waals surface area contributed by atoms with Crippen molar-refractivity contribution in [2.45, 2.75) is 55.9 Å². The molecule has 0 bridgehead atoms. The average Bonchev–Trinajstić information content (AvgIpc) is 3.45. The Morgan fingerprint density at radius 2 is 1.97 bits per heavy atom. The average molecular weight is 497 g/mol. The lowest BCUT2D eigenvalue weighted by atomic mass is 9.96. The highest BCUT2D eigenvalue weighted by atomic mass is 35.5. The van der Waals surface area contributed by atoms with Crippen molar-refractivity contribution in [3.05, 3.63) is 58.1 Å². The summed E-state index contributed by atoms with van der Waals surface area (Å²) in [6, 6.07) is 3.63. The third-order valence-corrected chi connectivity index (χ3v) is 7.17. The third kappa shape index (κ3) is 3.87. The Balaban J connectivity index is 1.33. The number of rotatable bonds is 4. The van der Waals surface area contributed by atoms with E-state index in [2.05, 4.69) is 15.6 Å². The van der Waals surface area contributed by atoms with Crippen LogP contribution in [0.2, 0.25) is 5.02 Å². The number of carbonyl (C=O) groups is 2. The van der Waals surface area contributed by atoms with Crippen LogP contribution in [0.15, 0.2) is 30.5 Å². The maximum Gasteiger partial charge on any atom is 0.414 e. The zero-order valence-electron chi connectivity index (χ0n) is 17.9. The molecule has 1 aromatic carbocycles. The van der Waals surface area contributed by atoms with Gasteiger partial charge in [0.25, 0.3) is 0 Å². The van der Waals surface area contributed by atoms with Crippen molar-refractivity contribution in [3.63, 3.8) is 0 Å². The molecule has 3 heterocycles. The predicted molar refractivity (Wildman–Crippen MR) is 116 cm³/mol. The lowest BCUT2D eigenvalue weighted by Gasteiger charge is -2.31. The molecule has 34 heavy (non-hydrogen) atoms. The quantitative estimate of drug-likeness (QED) is 0.629. The van der Waals surface area contributed by atoms with Gasteiger partial charge in [-0.25, -0.2) is 4.39 Å². The van der Waals surface area contributed by atoms with E-state index in [9.17, 15) is 27.2 Å². The van der Waals surface area contributed by atoms with Crippen LogP contribution in [0, 0.1) is 5.82 Å². The Bertz CT molecular complexity index is 1160. The molecule has 2 aromatic rings. The first-order valence-electron chi connectivity index (χ1n) is 10.9. The second-order valence-electron chi connectivity index (χ2n) is 9.04. The van der Waals surface area contributed by atoms with Gasteiger partial charge in [0.1, 0.15) is 11.4 Å². The maximum absolute atomic E-state index is 14.2. The van der Waals surface area contributed by atoms with Crippen LogP contribution in [-0.4, -0.2) is 46.0 Å². The number of carbonyl (C=O) groups excluding carboxylic acids is 2. The van der Waals surface area contributed by atoms with E-state index in [1.165, 1.54) is 24.4 Å². The number of nitrogens with one attached hydrogen (secondary N) is 2. The summed E-state index contributed by atoms with van der Waals surface area (Å²) in [6.45, 7) is -0.126. The third-order valence-electron chi connectivity index (χ3n) is 6.88. The Hall–Kier alpha value is -2.88. The van der Waals surface area contributed by atoms with E-state index in [1.807, 2.05) is 0 Å². The molecule has 180 valence electrons. The molecule has 3 aliphatic rings. The number of anilines is 1. The van der Waals surface area contributed by atoms with Crippen molar-refractivity contribution >= 4 is 29.1 Å². The summed E-state index contributed by atoms with van der Waals surface area (Å²) in [5, 5.41) is 5.80. The van der Waals surface area contributed by atoms with E-state index < -0.39 is 29.5 Å². The summed E-state index contributed by atoms with van der Waals surface area (Å²) in [5.41, 5.74) is 0.299. The van der Waals surface area contributed by atoms with Gasteiger partial charge in [-0.3, -0.25) is 14.6 Å². The maximum atomic E-state index is 14.2. The molecular formula is C23H21ClF4N4O2. The van der Waals surface area contributed by atoms with Crippen molar-refractivity contribution in [2.24, 2.45) is 0 Å². The summed E-state index contributed by atoms with van der Waals surface area (Å²) in [6.07, 6.45) is -2.07. The number of amides is 2. The van der Waals surface area contributed by atoms with Gasteiger partial charge < -0.3 is 15.5 Å². The number of pyridine rings is 1. The number of alkyl halides is 3. The van der Waals surface area contributed by atoms with Gasteiger partial charge in [0.15, 0.2) is 6.04 Å². The molecule has 1 spiro atoms. The summed E-state index contributed by atoms with van der Waals surface area (Å²) >= 11 is 5.85. The standard InChI is InChI=1S/C23H21ClF4N4O2/c24-16-3-1-12-9-14(10-15(12)19(16)25)30-13-2-4-17(29-11-13)20(23(26,27)28)32-8-7-22(21(32)34)6-5-18(33)31-22/h1-4,11,14,20,30H,5-10H2,(H,31,33). The molecule has 0 radical (unpaired) electrons. The lowest BCUT2D eigenvalue weighted by Crippen LogP contribution is -2.51. The van der Waals surface area contributed by atoms with Crippen LogP contribution in [0.4, 0.5) is 23.2 Å². The molecule has 5 rings (SSSR count). The fourth-order valence-electron chi connectivity index (χ4n) is 5.23. The fraction of sp³-hybridized carbons (Fsp3) is 0.435. The molecule has 2 N–H and O–H groups in total. The molecule has 1 aliphatic carbocycles. The minimum absolute atomic E-state index is 0.0546. The smallest absolute Gasteiger partial charge is 0.380 e. The number of aromatic nitrogens is 1. The van der Waals surface area contributed by atoms with E-state index in [0.29, 0.717) is 24.1 Å². The summed E-state index contributed by atoms with van der Waals surface area (Å²) in [7, 11) is 0. The number of hydrogen-bond acceptors (Lipinski definition) is 4. The number of benzene rings is 1. The highest BCUT2D eigenvalue weighted by Crippen LogP contribution is 2.43. The minimum atomic E-state index is -4.74. The Morgan fingerprint density at radius 3 is 2.62 bits per heavy atom. The van der Waals surface area contributed by atoms with Crippen molar-refractivity contribution in [1.82, 2.24) is 15.2 Å². The number of hydrogen-bond donors (Lipinski definition) is 2. The largest absolute Gasteiger partial charge is 0.414 e. The van der Waals surface area contributed by atoms with Gasteiger partial charge in [-0.1, -0.05) is 17.7 Å². The first kappa shape index (κ1) is 22.9. The van der Waals surface area contributed by atoms with Gasteiger partial charge in [-0.15, -0.1) is 0 Å². The van der Waals surface area contributed by atoms with Gasteiger partial charge in [0, 0.05) is 19.0 Å². The van der Waals surface area contributed by atoms with Crippen LogP contribution in [-0.2, 0) is 22.4 Å². The van der Waals surface area contributed by atoms with E-state index in [0.717, 1.165) is 10.5 Å². The van der Waals surface area contributed by atoms with Crippen molar-refractivity contribution in [1.29, 1.82) is 0 Å². The van der Waals surface area contributed by atoms with Gasteiger partial charge in [0.2, 0.25) is 11.8 Å². The first-order chi connectivity index (χ1) is 16.1. The monoisotopic (exact) mass is 496 g/mol. The molecule has 3 unspecified atom stereocenters. The normalized spacial score (nSPS) is 25.1. The van der Waals surface area contributed by atoms with Crippen LogP contribution in [0.1, 0.15) is 42.1 Å². The molecule has 2 fully saturated rings. The van der Waals surface area contributed by atoms with E-state index in [1.54, 1.807) is 6.07 Å². The van der Waals surface area contributed by atoms with Crippen LogP contribution in [0.5, 0.6) is 0 Å². The SMILES string of the molecule is O=C1CCC2(CCN(C(c3ccc(NC4Cc5ccc(Cl)c(F)c5C4)cn3)C(F)(F)F)C2=O)N1. The van der Waals surface area contributed by atoms with Crippen LogP contribution < -0.4 is 10.6 Å². The Kier molecular flexibility index (Phi) is 5.46. The highest BCUT2D eigenvalue weighted by Gasteiger charge is 2.57. The summed E-state index contributed by atoms with van der Waals surface area (Å²) in [5.74, 6) is -1.51. The fourth-order valence-corrected chi connectivity index (χ4v) is 5.41. The second kappa shape index (κ2) is 8.11. The van der Waals surface area contributed by atoms with Gasteiger partial charge in [0.05, 0.1) is 22.6 Å². The molecule has 11 heteroatoms. The summed E-state index contributed by atoms with van der Waals surface area (Å²) < 4.78 is 56.4. The first-order valence-corrected chi connectivity index (χ1v) is 11.3. The molecule has 2 amide bonds.